The first kappa shape index (κ1) is 13.4. The summed E-state index contributed by atoms with van der Waals surface area (Å²) < 4.78 is 2.10. The smallest absolute Gasteiger partial charge is 0.0649 e. The molecule has 1 saturated heterocycles. The Kier molecular flexibility index (Phi) is 3.62. The highest BCUT2D eigenvalue weighted by Gasteiger charge is 2.23. The fraction of sp³-hybridized carbons (Fsp3) is 0.471. The number of hydrogen-bond acceptors (Lipinski definition) is 2. The van der Waals surface area contributed by atoms with Crippen molar-refractivity contribution in [1.29, 1.82) is 0 Å². The van der Waals surface area contributed by atoms with Crippen LogP contribution < -0.4 is 5.32 Å². The third kappa shape index (κ3) is 2.38. The van der Waals surface area contributed by atoms with E-state index in [4.69, 9.17) is 5.10 Å². The average Bonchev–Trinajstić information content (AvgIpc) is 2.76. The number of piperidine rings is 1. The zero-order chi connectivity index (χ0) is 14.1. The van der Waals surface area contributed by atoms with E-state index >= 15 is 0 Å². The lowest BCUT2D eigenvalue weighted by Crippen LogP contribution is -2.27. The molecule has 2 aromatic rings. The summed E-state index contributed by atoms with van der Waals surface area (Å²) in [6, 6.07) is 8.61. The van der Waals surface area contributed by atoms with E-state index < -0.39 is 0 Å². The Hall–Kier alpha value is -1.61. The molecular weight excluding hydrogens is 246 g/mol. The number of hydrogen-bond donors (Lipinski definition) is 1. The molecule has 3 heteroatoms. The second-order valence-electron chi connectivity index (χ2n) is 5.86. The molecule has 1 fully saturated rings. The predicted octanol–water partition coefficient (Wildman–Crippen LogP) is 3.26. The highest BCUT2D eigenvalue weighted by Crippen LogP contribution is 2.31. The second-order valence-corrected chi connectivity index (χ2v) is 5.86. The average molecular weight is 269 g/mol. The quantitative estimate of drug-likeness (QED) is 0.907. The molecule has 1 aromatic carbocycles. The van der Waals surface area contributed by atoms with Gasteiger partial charge in [0.05, 0.1) is 11.4 Å². The van der Waals surface area contributed by atoms with Gasteiger partial charge in [0.1, 0.15) is 0 Å². The van der Waals surface area contributed by atoms with Crippen LogP contribution in [0.5, 0.6) is 0 Å². The largest absolute Gasteiger partial charge is 0.317 e. The van der Waals surface area contributed by atoms with Gasteiger partial charge < -0.3 is 5.32 Å². The Morgan fingerprint density at radius 1 is 1.05 bits per heavy atom. The van der Waals surface area contributed by atoms with E-state index in [2.05, 4.69) is 55.0 Å². The lowest BCUT2D eigenvalue weighted by atomic mass is 9.89. The Morgan fingerprint density at radius 3 is 2.35 bits per heavy atom. The van der Waals surface area contributed by atoms with Gasteiger partial charge in [-0.05, 0) is 70.3 Å². The van der Waals surface area contributed by atoms with Crippen molar-refractivity contribution in [3.63, 3.8) is 0 Å². The maximum absolute atomic E-state index is 4.78. The number of benzene rings is 1. The number of nitrogens with zero attached hydrogens (tertiary/aromatic N) is 2. The summed E-state index contributed by atoms with van der Waals surface area (Å²) in [5.74, 6) is 0.662. The molecule has 1 aliphatic rings. The summed E-state index contributed by atoms with van der Waals surface area (Å²) >= 11 is 0. The van der Waals surface area contributed by atoms with Crippen LogP contribution in [0.1, 0.15) is 41.3 Å². The van der Waals surface area contributed by atoms with Gasteiger partial charge >= 0.3 is 0 Å². The van der Waals surface area contributed by atoms with Crippen molar-refractivity contribution in [3.8, 4) is 5.69 Å². The molecule has 3 rings (SSSR count). The SMILES string of the molecule is Cc1ccc(-n2nc(C)c(C3CCNCC3)c2C)cc1. The number of nitrogens with one attached hydrogen (secondary N) is 1. The summed E-state index contributed by atoms with van der Waals surface area (Å²) in [5, 5.41) is 8.22. The van der Waals surface area contributed by atoms with E-state index in [1.54, 1.807) is 0 Å². The van der Waals surface area contributed by atoms with E-state index in [0.717, 1.165) is 18.8 Å². The van der Waals surface area contributed by atoms with Crippen molar-refractivity contribution in [1.82, 2.24) is 15.1 Å². The molecule has 0 amide bonds. The lowest BCUT2D eigenvalue weighted by Gasteiger charge is -2.23. The fourth-order valence-electron chi connectivity index (χ4n) is 3.29. The van der Waals surface area contributed by atoms with Gasteiger partial charge in [0.25, 0.3) is 0 Å². The topological polar surface area (TPSA) is 29.9 Å². The third-order valence-electron chi connectivity index (χ3n) is 4.37. The molecule has 0 saturated carbocycles. The number of aromatic nitrogens is 2. The van der Waals surface area contributed by atoms with E-state index in [-0.39, 0.29) is 0 Å². The van der Waals surface area contributed by atoms with Crippen LogP contribution in [0, 0.1) is 20.8 Å². The molecule has 0 aliphatic carbocycles. The zero-order valence-corrected chi connectivity index (χ0v) is 12.6. The summed E-state index contributed by atoms with van der Waals surface area (Å²) in [4.78, 5) is 0. The molecule has 20 heavy (non-hydrogen) atoms. The summed E-state index contributed by atoms with van der Waals surface area (Å²) in [7, 11) is 0. The van der Waals surface area contributed by atoms with Crippen LogP contribution in [0.2, 0.25) is 0 Å². The van der Waals surface area contributed by atoms with Crippen molar-refractivity contribution in [2.45, 2.75) is 39.5 Å². The van der Waals surface area contributed by atoms with Crippen LogP contribution in [0.15, 0.2) is 24.3 Å². The van der Waals surface area contributed by atoms with E-state index in [1.807, 2.05) is 0 Å². The van der Waals surface area contributed by atoms with Gasteiger partial charge in [0.2, 0.25) is 0 Å². The van der Waals surface area contributed by atoms with Gasteiger partial charge in [-0.2, -0.15) is 5.10 Å². The molecule has 0 atom stereocenters. The van der Waals surface area contributed by atoms with Gasteiger partial charge in [0.15, 0.2) is 0 Å². The molecule has 3 nitrogen and oxygen atoms in total. The Labute approximate surface area is 121 Å². The van der Waals surface area contributed by atoms with Crippen LogP contribution in [0.4, 0.5) is 0 Å². The van der Waals surface area contributed by atoms with E-state index in [1.165, 1.54) is 35.4 Å². The molecule has 1 aromatic heterocycles. The predicted molar refractivity (Wildman–Crippen MR) is 82.6 cm³/mol. The molecule has 1 aliphatic heterocycles. The van der Waals surface area contributed by atoms with Gasteiger partial charge in [-0.25, -0.2) is 4.68 Å². The molecule has 0 radical (unpaired) electrons. The van der Waals surface area contributed by atoms with Crippen LogP contribution in [-0.4, -0.2) is 22.9 Å². The molecule has 1 N–H and O–H groups in total. The van der Waals surface area contributed by atoms with E-state index in [0.29, 0.717) is 5.92 Å². The monoisotopic (exact) mass is 269 g/mol. The summed E-state index contributed by atoms with van der Waals surface area (Å²) in [5.41, 5.74) is 6.41. The molecule has 0 bridgehead atoms. The van der Waals surface area contributed by atoms with E-state index in [9.17, 15) is 0 Å². The third-order valence-corrected chi connectivity index (χ3v) is 4.37. The lowest BCUT2D eigenvalue weighted by molar-refractivity contribution is 0.458. The Bertz CT molecular complexity index is 589. The van der Waals surface area contributed by atoms with Crippen LogP contribution in [0.3, 0.4) is 0 Å². The van der Waals surface area contributed by atoms with Crippen LogP contribution in [-0.2, 0) is 0 Å². The Balaban J connectivity index is 1.99. The van der Waals surface area contributed by atoms with Crippen molar-refractivity contribution < 1.29 is 0 Å². The zero-order valence-electron chi connectivity index (χ0n) is 12.6. The maximum Gasteiger partial charge on any atom is 0.0649 e. The van der Waals surface area contributed by atoms with Crippen molar-refractivity contribution in [3.05, 3.63) is 46.8 Å². The van der Waals surface area contributed by atoms with Crippen molar-refractivity contribution >= 4 is 0 Å². The minimum Gasteiger partial charge on any atom is -0.317 e. The summed E-state index contributed by atoms with van der Waals surface area (Å²) in [6.07, 6.45) is 2.45. The number of aryl methyl sites for hydroxylation is 2. The molecule has 106 valence electrons. The number of rotatable bonds is 2. The summed E-state index contributed by atoms with van der Waals surface area (Å²) in [6.45, 7) is 8.72. The molecular formula is C17H23N3. The molecule has 0 spiro atoms. The highest BCUT2D eigenvalue weighted by atomic mass is 15.3. The van der Waals surface area contributed by atoms with Gasteiger partial charge in [-0.15, -0.1) is 0 Å². The van der Waals surface area contributed by atoms with Gasteiger partial charge in [-0.1, -0.05) is 17.7 Å². The van der Waals surface area contributed by atoms with Crippen LogP contribution >= 0.6 is 0 Å². The molecule has 2 heterocycles. The minimum atomic E-state index is 0.662. The van der Waals surface area contributed by atoms with Crippen LogP contribution in [0.25, 0.3) is 5.69 Å². The van der Waals surface area contributed by atoms with Crippen molar-refractivity contribution in [2.75, 3.05) is 13.1 Å². The normalized spacial score (nSPS) is 16.6. The molecule has 0 unspecified atom stereocenters. The van der Waals surface area contributed by atoms with Gasteiger partial charge in [-0.3, -0.25) is 0 Å². The standard InChI is InChI=1S/C17H23N3/c1-12-4-6-16(7-5-12)20-14(3)17(13(2)19-20)15-8-10-18-11-9-15/h4-7,15,18H,8-11H2,1-3H3. The first-order valence-corrected chi connectivity index (χ1v) is 7.50. The first-order valence-electron chi connectivity index (χ1n) is 7.50. The van der Waals surface area contributed by atoms with Crippen molar-refractivity contribution in [2.24, 2.45) is 0 Å². The highest BCUT2D eigenvalue weighted by molar-refractivity contribution is 5.40. The van der Waals surface area contributed by atoms with Gasteiger partial charge in [0, 0.05) is 5.69 Å². The fourth-order valence-corrected chi connectivity index (χ4v) is 3.29. The first-order chi connectivity index (χ1) is 9.66. The minimum absolute atomic E-state index is 0.662. The Morgan fingerprint density at radius 2 is 1.70 bits per heavy atom. The second kappa shape index (κ2) is 5.41. The maximum atomic E-state index is 4.78.